The van der Waals surface area contributed by atoms with Crippen molar-refractivity contribution >= 4 is 0 Å². The van der Waals surface area contributed by atoms with Crippen molar-refractivity contribution in [2.24, 2.45) is 11.7 Å². The average molecular weight is 159 g/mol. The van der Waals surface area contributed by atoms with Crippen molar-refractivity contribution in [1.82, 2.24) is 0 Å². The highest BCUT2D eigenvalue weighted by atomic mass is 16.5. The molecule has 0 radical (unpaired) electrons. The van der Waals surface area contributed by atoms with Gasteiger partial charge in [-0.3, -0.25) is 0 Å². The van der Waals surface area contributed by atoms with Crippen LogP contribution in [0.4, 0.5) is 0 Å². The van der Waals surface area contributed by atoms with Gasteiger partial charge in [-0.05, 0) is 26.2 Å². The number of rotatable bonds is 5. The van der Waals surface area contributed by atoms with E-state index >= 15 is 0 Å². The lowest BCUT2D eigenvalue weighted by atomic mass is 10.1. The summed E-state index contributed by atoms with van der Waals surface area (Å²) >= 11 is 0. The van der Waals surface area contributed by atoms with Gasteiger partial charge in [-0.15, -0.1) is 0 Å². The van der Waals surface area contributed by atoms with Crippen LogP contribution in [0.15, 0.2) is 0 Å². The van der Waals surface area contributed by atoms with Crippen LogP contribution in [0.1, 0.15) is 34.1 Å². The van der Waals surface area contributed by atoms with Gasteiger partial charge in [-0.2, -0.15) is 0 Å². The third-order valence-electron chi connectivity index (χ3n) is 1.60. The van der Waals surface area contributed by atoms with Gasteiger partial charge < -0.3 is 10.5 Å². The quantitative estimate of drug-likeness (QED) is 0.663. The van der Waals surface area contributed by atoms with Crippen molar-refractivity contribution < 1.29 is 4.74 Å². The summed E-state index contributed by atoms with van der Waals surface area (Å²) in [5.74, 6) is 0.704. The first kappa shape index (κ1) is 10.9. The van der Waals surface area contributed by atoms with Gasteiger partial charge in [-0.1, -0.05) is 13.8 Å². The second kappa shape index (κ2) is 5.56. The van der Waals surface area contributed by atoms with E-state index in [4.69, 9.17) is 10.5 Å². The lowest BCUT2D eigenvalue weighted by Crippen LogP contribution is -2.25. The van der Waals surface area contributed by atoms with Crippen LogP contribution in [0.25, 0.3) is 0 Å². The SMILES string of the molecule is CC(C)CC(C)OC(C)CN. The molecule has 2 nitrogen and oxygen atoms in total. The van der Waals surface area contributed by atoms with Crippen LogP contribution in [0.3, 0.4) is 0 Å². The molecule has 2 heteroatoms. The van der Waals surface area contributed by atoms with Crippen LogP contribution in [0, 0.1) is 5.92 Å². The number of ether oxygens (including phenoxy) is 1. The van der Waals surface area contributed by atoms with Crippen molar-refractivity contribution in [3.8, 4) is 0 Å². The summed E-state index contributed by atoms with van der Waals surface area (Å²) in [4.78, 5) is 0. The Bertz CT molecular complexity index is 93.6. The first-order chi connectivity index (χ1) is 5.06. The number of hydrogen-bond acceptors (Lipinski definition) is 2. The fraction of sp³-hybridized carbons (Fsp3) is 1.00. The number of hydrogen-bond donors (Lipinski definition) is 1. The minimum atomic E-state index is 0.198. The highest BCUT2D eigenvalue weighted by Crippen LogP contribution is 2.08. The zero-order valence-electron chi connectivity index (χ0n) is 8.13. The lowest BCUT2D eigenvalue weighted by Gasteiger charge is -2.19. The predicted octanol–water partition coefficient (Wildman–Crippen LogP) is 1.78. The van der Waals surface area contributed by atoms with Crippen LogP contribution in [-0.4, -0.2) is 18.8 Å². The summed E-state index contributed by atoms with van der Waals surface area (Å²) < 4.78 is 5.59. The molecule has 0 aliphatic carbocycles. The summed E-state index contributed by atoms with van der Waals surface area (Å²) in [6.45, 7) is 9.13. The van der Waals surface area contributed by atoms with E-state index in [0.29, 0.717) is 18.6 Å². The molecule has 68 valence electrons. The van der Waals surface area contributed by atoms with E-state index in [1.54, 1.807) is 0 Å². The van der Waals surface area contributed by atoms with Crippen LogP contribution in [0.5, 0.6) is 0 Å². The highest BCUT2D eigenvalue weighted by molar-refractivity contribution is 4.58. The molecule has 0 heterocycles. The third-order valence-corrected chi connectivity index (χ3v) is 1.60. The lowest BCUT2D eigenvalue weighted by molar-refractivity contribution is 0.00303. The smallest absolute Gasteiger partial charge is 0.0672 e. The van der Waals surface area contributed by atoms with Crippen molar-refractivity contribution in [3.63, 3.8) is 0 Å². The van der Waals surface area contributed by atoms with E-state index in [0.717, 1.165) is 6.42 Å². The largest absolute Gasteiger partial charge is 0.374 e. The maximum absolute atomic E-state index is 5.59. The van der Waals surface area contributed by atoms with E-state index in [2.05, 4.69) is 20.8 Å². The molecule has 11 heavy (non-hydrogen) atoms. The van der Waals surface area contributed by atoms with Crippen molar-refractivity contribution in [2.45, 2.75) is 46.3 Å². The average Bonchev–Trinajstić information content (AvgIpc) is 1.85. The standard InChI is InChI=1S/C9H21NO/c1-7(2)5-8(3)11-9(4)6-10/h7-9H,5-6,10H2,1-4H3. The summed E-state index contributed by atoms with van der Waals surface area (Å²) in [6, 6.07) is 0. The van der Waals surface area contributed by atoms with Gasteiger partial charge in [0.25, 0.3) is 0 Å². The van der Waals surface area contributed by atoms with Gasteiger partial charge in [0.05, 0.1) is 12.2 Å². The maximum atomic E-state index is 5.59. The normalized spacial score (nSPS) is 16.9. The minimum absolute atomic E-state index is 0.198. The second-order valence-electron chi connectivity index (χ2n) is 3.62. The van der Waals surface area contributed by atoms with Gasteiger partial charge in [0.1, 0.15) is 0 Å². The summed E-state index contributed by atoms with van der Waals surface area (Å²) in [5, 5.41) is 0. The first-order valence-electron chi connectivity index (χ1n) is 4.41. The fourth-order valence-electron chi connectivity index (χ4n) is 1.17. The molecule has 0 aliphatic rings. The second-order valence-corrected chi connectivity index (χ2v) is 3.62. The molecular formula is C9H21NO. The predicted molar refractivity (Wildman–Crippen MR) is 48.5 cm³/mol. The molecule has 0 aromatic carbocycles. The van der Waals surface area contributed by atoms with E-state index in [9.17, 15) is 0 Å². The van der Waals surface area contributed by atoms with Gasteiger partial charge in [0, 0.05) is 6.54 Å². The fourth-order valence-corrected chi connectivity index (χ4v) is 1.17. The zero-order chi connectivity index (χ0) is 8.85. The summed E-state index contributed by atoms with van der Waals surface area (Å²) in [6.07, 6.45) is 1.65. The molecule has 0 spiro atoms. The Hall–Kier alpha value is -0.0800. The zero-order valence-corrected chi connectivity index (χ0v) is 8.13. The monoisotopic (exact) mass is 159 g/mol. The Morgan fingerprint density at radius 1 is 1.09 bits per heavy atom. The molecule has 0 saturated carbocycles. The molecule has 0 amide bonds. The molecule has 2 N–H and O–H groups in total. The van der Waals surface area contributed by atoms with Crippen LogP contribution in [-0.2, 0) is 4.74 Å². The van der Waals surface area contributed by atoms with Crippen molar-refractivity contribution in [3.05, 3.63) is 0 Å². The van der Waals surface area contributed by atoms with Gasteiger partial charge >= 0.3 is 0 Å². The van der Waals surface area contributed by atoms with Gasteiger partial charge in [0.2, 0.25) is 0 Å². The van der Waals surface area contributed by atoms with E-state index < -0.39 is 0 Å². The van der Waals surface area contributed by atoms with E-state index in [-0.39, 0.29) is 6.10 Å². The van der Waals surface area contributed by atoms with Crippen LogP contribution < -0.4 is 5.73 Å². The molecule has 2 unspecified atom stereocenters. The molecule has 0 bridgehead atoms. The Morgan fingerprint density at radius 2 is 1.64 bits per heavy atom. The summed E-state index contributed by atoms with van der Waals surface area (Å²) in [5.41, 5.74) is 5.43. The molecule has 2 atom stereocenters. The molecular weight excluding hydrogens is 138 g/mol. The maximum Gasteiger partial charge on any atom is 0.0672 e. The van der Waals surface area contributed by atoms with Crippen molar-refractivity contribution in [1.29, 1.82) is 0 Å². The molecule has 0 aromatic heterocycles. The topological polar surface area (TPSA) is 35.2 Å². The summed E-state index contributed by atoms with van der Waals surface area (Å²) in [7, 11) is 0. The Morgan fingerprint density at radius 3 is 2.00 bits per heavy atom. The van der Waals surface area contributed by atoms with E-state index in [1.165, 1.54) is 0 Å². The van der Waals surface area contributed by atoms with Gasteiger partial charge in [0.15, 0.2) is 0 Å². The van der Waals surface area contributed by atoms with Crippen LogP contribution >= 0.6 is 0 Å². The Labute approximate surface area is 70.1 Å². The Kier molecular flexibility index (Phi) is 5.51. The first-order valence-corrected chi connectivity index (χ1v) is 4.41. The van der Waals surface area contributed by atoms with E-state index in [1.807, 2.05) is 6.92 Å². The van der Waals surface area contributed by atoms with Crippen LogP contribution in [0.2, 0.25) is 0 Å². The minimum Gasteiger partial charge on any atom is -0.374 e. The molecule has 0 aliphatic heterocycles. The molecule has 0 aromatic rings. The highest BCUT2D eigenvalue weighted by Gasteiger charge is 2.08. The van der Waals surface area contributed by atoms with Crippen molar-refractivity contribution in [2.75, 3.05) is 6.54 Å². The number of nitrogens with two attached hydrogens (primary N) is 1. The third kappa shape index (κ3) is 6.32. The molecule has 0 saturated heterocycles. The Balaban J connectivity index is 3.43. The molecule has 0 fully saturated rings. The molecule has 0 rings (SSSR count). The van der Waals surface area contributed by atoms with Gasteiger partial charge in [-0.25, -0.2) is 0 Å².